The van der Waals surface area contributed by atoms with Gasteiger partial charge >= 0.3 is 0 Å². The summed E-state index contributed by atoms with van der Waals surface area (Å²) < 4.78 is 3.25. The van der Waals surface area contributed by atoms with Crippen molar-refractivity contribution in [3.05, 3.63) is 58.6 Å². The second-order valence-electron chi connectivity index (χ2n) is 5.60. The number of rotatable bonds is 6. The summed E-state index contributed by atoms with van der Waals surface area (Å²) in [6.07, 6.45) is 4.20. The van der Waals surface area contributed by atoms with Crippen LogP contribution >= 0.6 is 11.8 Å². The van der Waals surface area contributed by atoms with Crippen molar-refractivity contribution in [2.75, 3.05) is 12.4 Å². The molecule has 0 bridgehead atoms. The molecule has 2 N–H and O–H groups in total. The van der Waals surface area contributed by atoms with Crippen LogP contribution in [0, 0.1) is 0 Å². The molecule has 0 aliphatic heterocycles. The van der Waals surface area contributed by atoms with Gasteiger partial charge in [-0.3, -0.25) is 9.20 Å². The number of aryl methyl sites for hydroxylation is 1. The molecule has 7 nitrogen and oxygen atoms in total. The summed E-state index contributed by atoms with van der Waals surface area (Å²) in [6.45, 7) is 0.316. The number of nitrogens with one attached hydrogen (secondary N) is 1. The molecule has 8 heteroatoms. The molecule has 1 aromatic carbocycles. The van der Waals surface area contributed by atoms with Crippen molar-refractivity contribution in [3.8, 4) is 0 Å². The van der Waals surface area contributed by atoms with E-state index >= 15 is 0 Å². The zero-order valence-electron chi connectivity index (χ0n) is 13.4. The molecule has 4 rings (SSSR count). The molecule has 128 valence electrons. The van der Waals surface area contributed by atoms with Crippen LogP contribution in [0.4, 0.5) is 0 Å². The quantitative estimate of drug-likeness (QED) is 0.514. The van der Waals surface area contributed by atoms with E-state index in [1.54, 1.807) is 24.2 Å². The fraction of sp³-hybridized carbons (Fsp3) is 0.235. The maximum Gasteiger partial charge on any atom is 0.287 e. The first kappa shape index (κ1) is 15.9. The Balaban J connectivity index is 1.68. The topological polar surface area (TPSA) is 88.2 Å². The standard InChI is InChI=1S/C17H17N5O2S/c23-10-9-21-14-13(15(24)22-8-7-18-16(22)20-14)19-17(21)25-11-6-12-4-2-1-3-5-12/h1-5,7-8,23H,6,9-11H2,(H,18,20). The number of hydrogen-bond donors (Lipinski definition) is 2. The Morgan fingerprint density at radius 1 is 1.20 bits per heavy atom. The van der Waals surface area contributed by atoms with Gasteiger partial charge < -0.3 is 14.7 Å². The highest BCUT2D eigenvalue weighted by Crippen LogP contribution is 2.22. The number of aromatic amines is 1. The van der Waals surface area contributed by atoms with E-state index in [1.807, 2.05) is 22.8 Å². The highest BCUT2D eigenvalue weighted by molar-refractivity contribution is 7.99. The van der Waals surface area contributed by atoms with Gasteiger partial charge in [-0.05, 0) is 12.0 Å². The van der Waals surface area contributed by atoms with Gasteiger partial charge in [-0.15, -0.1) is 0 Å². The van der Waals surface area contributed by atoms with Crippen molar-refractivity contribution in [2.45, 2.75) is 18.1 Å². The van der Waals surface area contributed by atoms with Gasteiger partial charge in [0.15, 0.2) is 16.3 Å². The van der Waals surface area contributed by atoms with Crippen LogP contribution in [0.1, 0.15) is 5.56 Å². The van der Waals surface area contributed by atoms with Crippen LogP contribution in [-0.4, -0.2) is 41.4 Å². The minimum atomic E-state index is -0.206. The van der Waals surface area contributed by atoms with E-state index in [-0.39, 0.29) is 12.2 Å². The number of imidazole rings is 2. The summed E-state index contributed by atoms with van der Waals surface area (Å²) >= 11 is 1.57. The third-order valence-corrected chi connectivity index (χ3v) is 4.97. The summed E-state index contributed by atoms with van der Waals surface area (Å²) in [5.41, 5.74) is 1.88. The molecule has 0 saturated heterocycles. The fourth-order valence-corrected chi connectivity index (χ4v) is 3.80. The zero-order chi connectivity index (χ0) is 17.2. The van der Waals surface area contributed by atoms with Gasteiger partial charge in [0.2, 0.25) is 5.78 Å². The predicted molar refractivity (Wildman–Crippen MR) is 97.1 cm³/mol. The number of benzene rings is 1. The number of thioether (sulfide) groups is 1. The first-order valence-corrected chi connectivity index (χ1v) is 9.00. The Bertz CT molecular complexity index is 1070. The average molecular weight is 355 g/mol. The second-order valence-corrected chi connectivity index (χ2v) is 6.66. The molecule has 3 aromatic heterocycles. The lowest BCUT2D eigenvalue weighted by molar-refractivity contribution is 0.273. The van der Waals surface area contributed by atoms with Crippen LogP contribution in [0.25, 0.3) is 16.9 Å². The molecule has 0 atom stereocenters. The molecule has 0 spiro atoms. The molecule has 25 heavy (non-hydrogen) atoms. The molecular formula is C17H17N5O2S. The largest absolute Gasteiger partial charge is 0.395 e. The number of hydrogen-bond acceptors (Lipinski definition) is 5. The molecule has 0 radical (unpaired) electrons. The molecule has 0 aliphatic carbocycles. The van der Waals surface area contributed by atoms with Gasteiger partial charge in [0.25, 0.3) is 5.56 Å². The van der Waals surface area contributed by atoms with E-state index in [0.717, 1.165) is 12.2 Å². The van der Waals surface area contributed by atoms with E-state index in [9.17, 15) is 9.90 Å². The maximum atomic E-state index is 12.6. The van der Waals surface area contributed by atoms with Gasteiger partial charge in [-0.2, -0.15) is 4.98 Å². The van der Waals surface area contributed by atoms with Gasteiger partial charge in [-0.1, -0.05) is 42.1 Å². The Labute approximate surface area is 147 Å². The van der Waals surface area contributed by atoms with Crippen LogP contribution < -0.4 is 5.56 Å². The molecule has 0 unspecified atom stereocenters. The Hall–Kier alpha value is -2.58. The van der Waals surface area contributed by atoms with Crippen LogP contribution in [-0.2, 0) is 13.0 Å². The fourth-order valence-electron chi connectivity index (χ4n) is 2.79. The molecule has 0 amide bonds. The summed E-state index contributed by atoms with van der Waals surface area (Å²) in [4.78, 5) is 24.5. The molecule has 3 heterocycles. The number of aromatic nitrogens is 5. The van der Waals surface area contributed by atoms with E-state index < -0.39 is 0 Å². The smallest absolute Gasteiger partial charge is 0.287 e. The van der Waals surface area contributed by atoms with Crippen molar-refractivity contribution >= 4 is 28.7 Å². The lowest BCUT2D eigenvalue weighted by atomic mass is 10.2. The van der Waals surface area contributed by atoms with E-state index in [0.29, 0.717) is 28.6 Å². The van der Waals surface area contributed by atoms with Crippen molar-refractivity contribution in [2.24, 2.45) is 0 Å². The van der Waals surface area contributed by atoms with E-state index in [1.165, 1.54) is 9.96 Å². The third-order valence-electron chi connectivity index (χ3n) is 3.99. The van der Waals surface area contributed by atoms with Crippen molar-refractivity contribution in [1.82, 2.24) is 23.9 Å². The highest BCUT2D eigenvalue weighted by Gasteiger charge is 2.17. The lowest BCUT2D eigenvalue weighted by Crippen LogP contribution is -2.14. The van der Waals surface area contributed by atoms with E-state index in [2.05, 4.69) is 27.1 Å². The number of aliphatic hydroxyl groups excluding tert-OH is 1. The average Bonchev–Trinajstić information content (AvgIpc) is 3.23. The highest BCUT2D eigenvalue weighted by atomic mass is 32.2. The van der Waals surface area contributed by atoms with Crippen LogP contribution in [0.3, 0.4) is 0 Å². The lowest BCUT2D eigenvalue weighted by Gasteiger charge is -2.06. The predicted octanol–water partition coefficient (Wildman–Crippen LogP) is 1.70. The summed E-state index contributed by atoms with van der Waals surface area (Å²) in [6, 6.07) is 10.2. The van der Waals surface area contributed by atoms with Crippen LogP contribution in [0.5, 0.6) is 0 Å². The van der Waals surface area contributed by atoms with Crippen LogP contribution in [0.2, 0.25) is 0 Å². The van der Waals surface area contributed by atoms with Crippen LogP contribution in [0.15, 0.2) is 52.7 Å². The van der Waals surface area contributed by atoms with E-state index in [4.69, 9.17) is 0 Å². The van der Waals surface area contributed by atoms with Gasteiger partial charge in [0, 0.05) is 24.7 Å². The third kappa shape index (κ3) is 2.94. The molecule has 0 aliphatic rings. The number of nitrogens with zero attached hydrogens (tertiary/aromatic N) is 4. The summed E-state index contributed by atoms with van der Waals surface area (Å²) in [5, 5.41) is 10.1. The van der Waals surface area contributed by atoms with Gasteiger partial charge in [0.05, 0.1) is 6.61 Å². The molecule has 0 saturated carbocycles. The minimum absolute atomic E-state index is 0.0382. The normalized spacial score (nSPS) is 11.6. The maximum absolute atomic E-state index is 12.6. The van der Waals surface area contributed by atoms with Crippen molar-refractivity contribution < 1.29 is 5.11 Å². The summed E-state index contributed by atoms with van der Waals surface area (Å²) in [5.74, 6) is 1.30. The molecular weight excluding hydrogens is 338 g/mol. The van der Waals surface area contributed by atoms with Crippen molar-refractivity contribution in [3.63, 3.8) is 0 Å². The first-order valence-electron chi connectivity index (χ1n) is 8.01. The second kappa shape index (κ2) is 6.73. The Morgan fingerprint density at radius 3 is 2.84 bits per heavy atom. The molecule has 4 aromatic rings. The Kier molecular flexibility index (Phi) is 4.29. The van der Waals surface area contributed by atoms with Crippen molar-refractivity contribution in [1.29, 1.82) is 0 Å². The number of aliphatic hydroxyl groups is 1. The Morgan fingerprint density at radius 2 is 2.04 bits per heavy atom. The van der Waals surface area contributed by atoms with Gasteiger partial charge in [0.1, 0.15) is 0 Å². The summed E-state index contributed by atoms with van der Waals surface area (Å²) in [7, 11) is 0. The monoisotopic (exact) mass is 355 g/mol. The minimum Gasteiger partial charge on any atom is -0.395 e. The SMILES string of the molecule is O=c1c2nc(SCCc3ccccc3)n(CCO)c2nc2[nH]ccn12. The number of fused-ring (bicyclic) bond motifs is 2. The molecule has 0 fully saturated rings. The first-order chi connectivity index (χ1) is 12.3. The number of H-pyrrole nitrogens is 1. The zero-order valence-corrected chi connectivity index (χ0v) is 14.2. The van der Waals surface area contributed by atoms with Gasteiger partial charge in [-0.25, -0.2) is 4.98 Å².